The predicted octanol–water partition coefficient (Wildman–Crippen LogP) is 6.00. The van der Waals surface area contributed by atoms with Gasteiger partial charge in [0.2, 0.25) is 5.43 Å². The van der Waals surface area contributed by atoms with Crippen LogP contribution < -0.4 is 25.0 Å². The highest BCUT2D eigenvalue weighted by Gasteiger charge is 2.14. The molecule has 0 fully saturated rings. The Kier molecular flexibility index (Phi) is 7.65. The Balaban J connectivity index is 1.34. The van der Waals surface area contributed by atoms with E-state index in [-0.39, 0.29) is 5.43 Å². The third-order valence-electron chi connectivity index (χ3n) is 6.25. The van der Waals surface area contributed by atoms with E-state index in [2.05, 4.69) is 10.3 Å². The molecule has 0 bridgehead atoms. The zero-order chi connectivity index (χ0) is 27.4. The van der Waals surface area contributed by atoms with Crippen molar-refractivity contribution >= 4 is 27.8 Å². The summed E-state index contributed by atoms with van der Waals surface area (Å²) in [6.45, 7) is 3.80. The van der Waals surface area contributed by atoms with Gasteiger partial charge in [0.15, 0.2) is 11.3 Å². The van der Waals surface area contributed by atoms with E-state index in [0.717, 1.165) is 29.2 Å². The SMILES string of the molecule is COc1ccc(CNc2ccc(Oc3ccc4c(=O)c5cc(C)cc(OCCN(C)C)c5oc4c3)cn2)cc1. The molecule has 0 amide bonds. The lowest BCUT2D eigenvalue weighted by molar-refractivity contribution is 0.261. The van der Waals surface area contributed by atoms with Gasteiger partial charge in [0.1, 0.15) is 35.3 Å². The van der Waals surface area contributed by atoms with Crippen LogP contribution in [0, 0.1) is 6.92 Å². The molecule has 39 heavy (non-hydrogen) atoms. The van der Waals surface area contributed by atoms with Crippen LogP contribution in [0.2, 0.25) is 0 Å². The molecule has 5 aromatic rings. The summed E-state index contributed by atoms with van der Waals surface area (Å²) in [5, 5.41) is 4.28. The van der Waals surface area contributed by atoms with E-state index >= 15 is 0 Å². The molecule has 8 nitrogen and oxygen atoms in total. The Hall–Kier alpha value is -4.56. The largest absolute Gasteiger partial charge is 0.497 e. The number of aromatic nitrogens is 1. The van der Waals surface area contributed by atoms with E-state index in [1.807, 2.05) is 74.4 Å². The summed E-state index contributed by atoms with van der Waals surface area (Å²) in [4.78, 5) is 19.8. The van der Waals surface area contributed by atoms with Gasteiger partial charge < -0.3 is 28.8 Å². The lowest BCUT2D eigenvalue weighted by Crippen LogP contribution is -2.19. The molecule has 5 rings (SSSR count). The number of aryl methyl sites for hydroxylation is 1. The molecule has 0 unspecified atom stereocenters. The maximum Gasteiger partial charge on any atom is 0.200 e. The van der Waals surface area contributed by atoms with E-state index in [0.29, 0.717) is 52.3 Å². The van der Waals surface area contributed by atoms with Gasteiger partial charge in [-0.25, -0.2) is 4.98 Å². The number of pyridine rings is 1. The number of hydrogen-bond acceptors (Lipinski definition) is 8. The molecule has 0 aliphatic carbocycles. The van der Waals surface area contributed by atoms with Crippen molar-refractivity contribution in [3.63, 3.8) is 0 Å². The number of hydrogen-bond donors (Lipinski definition) is 1. The summed E-state index contributed by atoms with van der Waals surface area (Å²) in [6.07, 6.45) is 1.65. The molecule has 2 aromatic heterocycles. The first-order valence-electron chi connectivity index (χ1n) is 12.7. The van der Waals surface area contributed by atoms with Crippen LogP contribution in [0.4, 0.5) is 5.82 Å². The van der Waals surface area contributed by atoms with Crippen LogP contribution in [0.5, 0.6) is 23.0 Å². The molecular weight excluding hydrogens is 494 g/mol. The number of benzene rings is 3. The summed E-state index contributed by atoms with van der Waals surface area (Å²) in [7, 11) is 5.61. The summed E-state index contributed by atoms with van der Waals surface area (Å²) in [6, 6.07) is 20.5. The van der Waals surface area contributed by atoms with Crippen molar-refractivity contribution in [1.82, 2.24) is 9.88 Å². The van der Waals surface area contributed by atoms with Crippen LogP contribution in [0.25, 0.3) is 21.9 Å². The second-order valence-corrected chi connectivity index (χ2v) is 9.56. The first kappa shape index (κ1) is 26.1. The predicted molar refractivity (Wildman–Crippen MR) is 153 cm³/mol. The number of anilines is 1. The summed E-state index contributed by atoms with van der Waals surface area (Å²) in [5.41, 5.74) is 2.81. The van der Waals surface area contributed by atoms with Crippen LogP contribution in [0.15, 0.2) is 82.1 Å². The Morgan fingerprint density at radius 3 is 2.41 bits per heavy atom. The normalized spacial score (nSPS) is 11.2. The lowest BCUT2D eigenvalue weighted by Gasteiger charge is -2.13. The third kappa shape index (κ3) is 6.13. The molecule has 0 spiro atoms. The molecule has 8 heteroatoms. The van der Waals surface area contributed by atoms with Crippen LogP contribution >= 0.6 is 0 Å². The Morgan fingerprint density at radius 2 is 1.69 bits per heavy atom. The van der Waals surface area contributed by atoms with Crippen LogP contribution in [0.3, 0.4) is 0 Å². The van der Waals surface area contributed by atoms with Gasteiger partial charge in [-0.1, -0.05) is 12.1 Å². The maximum absolute atomic E-state index is 13.3. The quantitative estimate of drug-likeness (QED) is 0.222. The van der Waals surface area contributed by atoms with Gasteiger partial charge in [-0.15, -0.1) is 0 Å². The molecule has 1 N–H and O–H groups in total. The number of rotatable bonds is 10. The standard InChI is InChI=1S/C31H31N3O5/c1-20-15-26-30(35)25-11-9-23(17-27(25)39-31(26)28(16-20)37-14-13-34(2)3)38-24-10-12-29(33-19-24)32-18-21-5-7-22(36-4)8-6-21/h5-12,15-17,19H,13-14,18H2,1-4H3,(H,32,33). The molecule has 0 radical (unpaired) electrons. The highest BCUT2D eigenvalue weighted by molar-refractivity contribution is 5.93. The van der Waals surface area contributed by atoms with Crippen LogP contribution in [-0.2, 0) is 6.54 Å². The van der Waals surface area contributed by atoms with Crippen LogP contribution in [-0.4, -0.2) is 44.2 Å². The first-order chi connectivity index (χ1) is 18.9. The maximum atomic E-state index is 13.3. The molecule has 0 saturated heterocycles. The van der Waals surface area contributed by atoms with Crippen molar-refractivity contribution in [2.75, 3.05) is 39.7 Å². The Morgan fingerprint density at radius 1 is 0.923 bits per heavy atom. The summed E-state index contributed by atoms with van der Waals surface area (Å²) < 4.78 is 23.4. The van der Waals surface area contributed by atoms with Gasteiger partial charge in [0, 0.05) is 19.2 Å². The molecule has 200 valence electrons. The topological polar surface area (TPSA) is 86.1 Å². The van der Waals surface area contributed by atoms with Gasteiger partial charge >= 0.3 is 0 Å². The molecule has 3 aromatic carbocycles. The van der Waals surface area contributed by atoms with E-state index in [1.165, 1.54) is 0 Å². The highest BCUT2D eigenvalue weighted by Crippen LogP contribution is 2.31. The van der Waals surface area contributed by atoms with Gasteiger partial charge in [0.05, 0.1) is 24.1 Å². The lowest BCUT2D eigenvalue weighted by atomic mass is 10.1. The van der Waals surface area contributed by atoms with E-state index < -0.39 is 0 Å². The van der Waals surface area contributed by atoms with E-state index in [4.69, 9.17) is 18.6 Å². The Labute approximate surface area is 226 Å². The van der Waals surface area contributed by atoms with Crippen molar-refractivity contribution in [2.45, 2.75) is 13.5 Å². The van der Waals surface area contributed by atoms with Gasteiger partial charge in [-0.3, -0.25) is 4.79 Å². The molecular formula is C31H31N3O5. The molecule has 0 aliphatic rings. The fraction of sp³-hybridized carbons (Fsp3) is 0.226. The van der Waals surface area contributed by atoms with Crippen molar-refractivity contribution in [1.29, 1.82) is 0 Å². The van der Waals surface area contributed by atoms with Crippen molar-refractivity contribution < 1.29 is 18.6 Å². The molecule has 0 saturated carbocycles. The second kappa shape index (κ2) is 11.4. The highest BCUT2D eigenvalue weighted by atomic mass is 16.5. The third-order valence-corrected chi connectivity index (χ3v) is 6.25. The fourth-order valence-corrected chi connectivity index (χ4v) is 4.17. The smallest absolute Gasteiger partial charge is 0.200 e. The molecule has 2 heterocycles. The minimum atomic E-state index is -0.104. The zero-order valence-electron chi connectivity index (χ0n) is 22.5. The number of nitrogens with zero attached hydrogens (tertiary/aromatic N) is 2. The van der Waals surface area contributed by atoms with Crippen molar-refractivity contribution in [3.05, 3.63) is 94.3 Å². The summed E-state index contributed by atoms with van der Waals surface area (Å²) >= 11 is 0. The number of methoxy groups -OCH3 is 1. The molecule has 0 atom stereocenters. The first-order valence-corrected chi connectivity index (χ1v) is 12.7. The number of fused-ring (bicyclic) bond motifs is 2. The minimum absolute atomic E-state index is 0.104. The van der Waals surface area contributed by atoms with Gasteiger partial charge in [-0.2, -0.15) is 0 Å². The van der Waals surface area contributed by atoms with Gasteiger partial charge in [-0.05, 0) is 80.7 Å². The monoisotopic (exact) mass is 525 g/mol. The fourth-order valence-electron chi connectivity index (χ4n) is 4.17. The second-order valence-electron chi connectivity index (χ2n) is 9.56. The van der Waals surface area contributed by atoms with E-state index in [1.54, 1.807) is 31.5 Å². The van der Waals surface area contributed by atoms with Crippen molar-refractivity contribution in [3.8, 4) is 23.0 Å². The minimum Gasteiger partial charge on any atom is -0.497 e. The average molecular weight is 526 g/mol. The zero-order valence-corrected chi connectivity index (χ0v) is 22.5. The number of ether oxygens (including phenoxy) is 3. The Bertz CT molecular complexity index is 1640. The van der Waals surface area contributed by atoms with E-state index in [9.17, 15) is 4.79 Å². The van der Waals surface area contributed by atoms with Crippen LogP contribution in [0.1, 0.15) is 11.1 Å². The summed E-state index contributed by atoms with van der Waals surface area (Å²) in [5.74, 6) is 3.21. The van der Waals surface area contributed by atoms with Crippen molar-refractivity contribution in [2.24, 2.45) is 0 Å². The average Bonchev–Trinajstić information content (AvgIpc) is 2.93. The number of nitrogens with one attached hydrogen (secondary N) is 1. The molecule has 0 aliphatic heterocycles. The number of likely N-dealkylation sites (N-methyl/N-ethyl adjacent to an activating group) is 1. The van der Waals surface area contributed by atoms with Gasteiger partial charge in [0.25, 0.3) is 0 Å².